The second-order valence-electron chi connectivity index (χ2n) is 5.72. The van der Waals surface area contributed by atoms with Crippen LogP contribution in [0.3, 0.4) is 0 Å². The Morgan fingerprint density at radius 2 is 1.88 bits per heavy atom. The third kappa shape index (κ3) is 5.04. The van der Waals surface area contributed by atoms with Crippen LogP contribution in [0.4, 0.5) is 0 Å². The molecule has 0 bridgehead atoms. The molecular weight excluding hydrogens is 320 g/mol. The van der Waals surface area contributed by atoms with E-state index in [4.69, 9.17) is 4.74 Å². The number of esters is 1. The average molecular weight is 342 g/mol. The molecule has 1 heterocycles. The molecule has 2 N–H and O–H groups in total. The van der Waals surface area contributed by atoms with Crippen LogP contribution < -0.4 is 10.9 Å². The van der Waals surface area contributed by atoms with Crippen molar-refractivity contribution in [1.82, 2.24) is 10.3 Å². The summed E-state index contributed by atoms with van der Waals surface area (Å²) >= 11 is 0. The van der Waals surface area contributed by atoms with E-state index in [0.717, 1.165) is 12.0 Å². The zero-order chi connectivity index (χ0) is 18.2. The van der Waals surface area contributed by atoms with Crippen LogP contribution in [0, 0.1) is 0 Å². The molecule has 132 valence electrons. The molecule has 0 aliphatic carbocycles. The number of rotatable bonds is 7. The fraction of sp³-hybridized carbons (Fsp3) is 0.316. The number of hydrogen-bond acceptors (Lipinski definition) is 4. The number of carbonyl (C=O) groups excluding carboxylic acids is 2. The van der Waals surface area contributed by atoms with Crippen LogP contribution in [0.5, 0.6) is 0 Å². The van der Waals surface area contributed by atoms with Gasteiger partial charge in [-0.15, -0.1) is 0 Å². The molecule has 2 aromatic rings. The summed E-state index contributed by atoms with van der Waals surface area (Å²) in [5.41, 5.74) is 0.471. The normalized spacial score (nSPS) is 12.9. The second-order valence-corrected chi connectivity index (χ2v) is 5.72. The van der Waals surface area contributed by atoms with Gasteiger partial charge in [0.15, 0.2) is 6.10 Å². The van der Waals surface area contributed by atoms with E-state index in [2.05, 4.69) is 17.2 Å². The van der Waals surface area contributed by atoms with Gasteiger partial charge in [0.1, 0.15) is 5.56 Å². The topological polar surface area (TPSA) is 88.3 Å². The predicted molar refractivity (Wildman–Crippen MR) is 94.4 cm³/mol. The first-order valence-corrected chi connectivity index (χ1v) is 8.24. The molecule has 0 spiro atoms. The Balaban J connectivity index is 1.91. The van der Waals surface area contributed by atoms with E-state index >= 15 is 0 Å². The predicted octanol–water partition coefficient (Wildman–Crippen LogP) is 2.23. The van der Waals surface area contributed by atoms with Gasteiger partial charge in [0.2, 0.25) is 0 Å². The Hall–Kier alpha value is -2.89. The van der Waals surface area contributed by atoms with Crippen LogP contribution in [0.2, 0.25) is 0 Å². The van der Waals surface area contributed by atoms with Crippen LogP contribution in [-0.2, 0) is 9.53 Å². The first-order valence-electron chi connectivity index (χ1n) is 8.24. The highest BCUT2D eigenvalue weighted by molar-refractivity contribution is 5.91. The number of aromatic nitrogens is 1. The molecule has 0 aliphatic rings. The number of nitrogens with one attached hydrogen (secondary N) is 2. The van der Waals surface area contributed by atoms with Crippen LogP contribution in [0.25, 0.3) is 0 Å². The molecular formula is C19H22N2O4. The lowest BCUT2D eigenvalue weighted by Gasteiger charge is -2.18. The van der Waals surface area contributed by atoms with E-state index in [-0.39, 0.29) is 11.5 Å². The molecule has 1 aromatic heterocycles. The maximum atomic E-state index is 12.2. The molecule has 2 rings (SSSR count). The number of ether oxygens (including phenoxy) is 1. The number of aromatic amines is 1. The molecule has 1 aromatic carbocycles. The van der Waals surface area contributed by atoms with Crippen molar-refractivity contribution in [3.63, 3.8) is 0 Å². The molecule has 6 heteroatoms. The zero-order valence-electron chi connectivity index (χ0n) is 14.3. The SMILES string of the molecule is CC[C@@H](CNC(=O)[C@H](C)OC(=O)c1ccc[nH]c1=O)c1ccccc1. The number of hydrogen-bond donors (Lipinski definition) is 2. The Morgan fingerprint density at radius 3 is 2.52 bits per heavy atom. The summed E-state index contributed by atoms with van der Waals surface area (Å²) in [6, 6.07) is 12.8. The van der Waals surface area contributed by atoms with Gasteiger partial charge in [0.05, 0.1) is 0 Å². The molecule has 0 saturated carbocycles. The summed E-state index contributed by atoms with van der Waals surface area (Å²) in [6.07, 6.45) is 1.31. The Bertz CT molecular complexity index is 770. The van der Waals surface area contributed by atoms with E-state index < -0.39 is 23.5 Å². The second kappa shape index (κ2) is 8.82. The lowest BCUT2D eigenvalue weighted by molar-refractivity contribution is -0.129. The van der Waals surface area contributed by atoms with Crippen molar-refractivity contribution < 1.29 is 14.3 Å². The minimum Gasteiger partial charge on any atom is -0.449 e. The van der Waals surface area contributed by atoms with E-state index in [9.17, 15) is 14.4 Å². The van der Waals surface area contributed by atoms with Crippen LogP contribution in [0.1, 0.15) is 42.1 Å². The molecule has 1 amide bonds. The van der Waals surface area contributed by atoms with Crippen molar-refractivity contribution in [2.45, 2.75) is 32.3 Å². The van der Waals surface area contributed by atoms with Gasteiger partial charge in [-0.1, -0.05) is 37.3 Å². The van der Waals surface area contributed by atoms with E-state index in [0.29, 0.717) is 6.54 Å². The van der Waals surface area contributed by atoms with Gasteiger partial charge in [0, 0.05) is 18.7 Å². The van der Waals surface area contributed by atoms with Gasteiger partial charge >= 0.3 is 5.97 Å². The number of carbonyl (C=O) groups is 2. The molecule has 25 heavy (non-hydrogen) atoms. The van der Waals surface area contributed by atoms with Gasteiger partial charge in [-0.25, -0.2) is 4.79 Å². The smallest absolute Gasteiger partial charge is 0.344 e. The molecule has 2 atom stereocenters. The molecule has 0 aliphatic heterocycles. The lowest BCUT2D eigenvalue weighted by atomic mass is 9.96. The number of pyridine rings is 1. The molecule has 0 radical (unpaired) electrons. The minimum absolute atomic E-state index is 0.127. The fourth-order valence-corrected chi connectivity index (χ4v) is 2.45. The first kappa shape index (κ1) is 18.4. The summed E-state index contributed by atoms with van der Waals surface area (Å²) in [7, 11) is 0. The monoisotopic (exact) mass is 342 g/mol. The average Bonchev–Trinajstić information content (AvgIpc) is 2.63. The number of amides is 1. The quantitative estimate of drug-likeness (QED) is 0.755. The van der Waals surface area contributed by atoms with Crippen molar-refractivity contribution in [3.05, 3.63) is 70.1 Å². The summed E-state index contributed by atoms with van der Waals surface area (Å²) in [5, 5.41) is 2.80. The third-order valence-corrected chi connectivity index (χ3v) is 3.98. The summed E-state index contributed by atoms with van der Waals surface area (Å²) in [6.45, 7) is 3.98. The fourth-order valence-electron chi connectivity index (χ4n) is 2.45. The summed E-state index contributed by atoms with van der Waals surface area (Å²) < 4.78 is 5.08. The summed E-state index contributed by atoms with van der Waals surface area (Å²) in [4.78, 5) is 38.1. The van der Waals surface area contributed by atoms with Crippen molar-refractivity contribution in [2.75, 3.05) is 6.54 Å². The minimum atomic E-state index is -0.986. The van der Waals surface area contributed by atoms with E-state index in [1.807, 2.05) is 30.3 Å². The van der Waals surface area contributed by atoms with Crippen molar-refractivity contribution >= 4 is 11.9 Å². The van der Waals surface area contributed by atoms with Crippen molar-refractivity contribution in [3.8, 4) is 0 Å². The maximum absolute atomic E-state index is 12.2. The standard InChI is InChI=1S/C19H22N2O4/c1-3-14(15-8-5-4-6-9-15)12-21-17(22)13(2)25-19(24)16-10-7-11-20-18(16)23/h4-11,13-14H,3,12H2,1-2H3,(H,20,23)(H,21,22)/t13-,14-/m0/s1. The Kier molecular flexibility index (Phi) is 6.51. The van der Waals surface area contributed by atoms with Gasteiger partial charge in [-0.05, 0) is 31.0 Å². The van der Waals surface area contributed by atoms with Crippen molar-refractivity contribution in [1.29, 1.82) is 0 Å². The highest BCUT2D eigenvalue weighted by Gasteiger charge is 2.21. The van der Waals surface area contributed by atoms with Crippen LogP contribution >= 0.6 is 0 Å². The Morgan fingerprint density at radius 1 is 1.16 bits per heavy atom. The molecule has 0 unspecified atom stereocenters. The molecule has 0 saturated heterocycles. The third-order valence-electron chi connectivity index (χ3n) is 3.98. The zero-order valence-corrected chi connectivity index (χ0v) is 14.3. The lowest BCUT2D eigenvalue weighted by Crippen LogP contribution is -2.38. The van der Waals surface area contributed by atoms with Gasteiger partial charge in [-0.2, -0.15) is 0 Å². The highest BCUT2D eigenvalue weighted by Crippen LogP contribution is 2.18. The van der Waals surface area contributed by atoms with Gasteiger partial charge in [-0.3, -0.25) is 9.59 Å². The first-order chi connectivity index (χ1) is 12.0. The largest absolute Gasteiger partial charge is 0.449 e. The van der Waals surface area contributed by atoms with Crippen LogP contribution in [0.15, 0.2) is 53.5 Å². The van der Waals surface area contributed by atoms with Crippen molar-refractivity contribution in [2.24, 2.45) is 0 Å². The van der Waals surface area contributed by atoms with E-state index in [1.165, 1.54) is 25.3 Å². The summed E-state index contributed by atoms with van der Waals surface area (Å²) in [5.74, 6) is -1.03. The highest BCUT2D eigenvalue weighted by atomic mass is 16.5. The maximum Gasteiger partial charge on any atom is 0.344 e. The van der Waals surface area contributed by atoms with Gasteiger partial charge in [0.25, 0.3) is 11.5 Å². The van der Waals surface area contributed by atoms with E-state index in [1.54, 1.807) is 0 Å². The van der Waals surface area contributed by atoms with Crippen LogP contribution in [-0.4, -0.2) is 29.5 Å². The number of benzene rings is 1. The Labute approximate surface area is 146 Å². The molecule has 6 nitrogen and oxygen atoms in total. The number of H-pyrrole nitrogens is 1. The molecule has 0 fully saturated rings. The van der Waals surface area contributed by atoms with Gasteiger partial charge < -0.3 is 15.0 Å².